The average molecular weight is 358 g/mol. The molecule has 0 aliphatic carbocycles. The molecular formula is C16H14N4O4S. The molecule has 1 aromatic heterocycles. The van der Waals surface area contributed by atoms with E-state index in [-0.39, 0.29) is 40.8 Å². The van der Waals surface area contributed by atoms with Gasteiger partial charge in [0.1, 0.15) is 11.4 Å². The van der Waals surface area contributed by atoms with Crippen molar-refractivity contribution in [3.63, 3.8) is 0 Å². The van der Waals surface area contributed by atoms with Crippen LogP contribution < -0.4 is 5.73 Å². The smallest absolute Gasteiger partial charge is 0.343 e. The van der Waals surface area contributed by atoms with Crippen molar-refractivity contribution in [1.29, 1.82) is 0 Å². The Hall–Kier alpha value is -2.94. The molecule has 0 saturated carbocycles. The first-order chi connectivity index (χ1) is 12.0. The first-order valence-electron chi connectivity index (χ1n) is 7.40. The maximum atomic E-state index is 12.3. The lowest BCUT2D eigenvalue weighted by Crippen LogP contribution is -2.29. The molecule has 2 aromatic rings. The number of nitrogen functional groups attached to an aromatic ring is 1. The highest BCUT2D eigenvalue weighted by Gasteiger charge is 2.35. The maximum absolute atomic E-state index is 12.3. The minimum Gasteiger partial charge on any atom is -0.462 e. The van der Waals surface area contributed by atoms with E-state index in [9.17, 15) is 14.4 Å². The molecule has 1 aliphatic heterocycles. The predicted molar refractivity (Wildman–Crippen MR) is 90.1 cm³/mol. The SMILES string of the molecule is CCOC(=O)c1cnc(SCN2C(=O)c3ccccc3C2=O)nc1N. The molecule has 9 heteroatoms. The lowest BCUT2D eigenvalue weighted by molar-refractivity contribution is 0.0525. The van der Waals surface area contributed by atoms with Gasteiger partial charge in [0.2, 0.25) is 0 Å². The maximum Gasteiger partial charge on any atom is 0.343 e. The van der Waals surface area contributed by atoms with E-state index >= 15 is 0 Å². The van der Waals surface area contributed by atoms with Crippen molar-refractivity contribution in [2.75, 3.05) is 18.2 Å². The van der Waals surface area contributed by atoms with Crippen LogP contribution in [0, 0.1) is 0 Å². The van der Waals surface area contributed by atoms with Gasteiger partial charge in [-0.15, -0.1) is 0 Å². The van der Waals surface area contributed by atoms with Crippen molar-refractivity contribution >= 4 is 35.4 Å². The van der Waals surface area contributed by atoms with Crippen LogP contribution in [0.15, 0.2) is 35.6 Å². The summed E-state index contributed by atoms with van der Waals surface area (Å²) in [5.41, 5.74) is 6.58. The van der Waals surface area contributed by atoms with E-state index in [1.54, 1.807) is 31.2 Å². The van der Waals surface area contributed by atoms with Gasteiger partial charge in [0, 0.05) is 6.20 Å². The molecule has 0 atom stereocenters. The Kier molecular flexibility index (Phi) is 4.66. The molecule has 0 unspecified atom stereocenters. The van der Waals surface area contributed by atoms with Gasteiger partial charge in [0.25, 0.3) is 11.8 Å². The fourth-order valence-electron chi connectivity index (χ4n) is 2.29. The van der Waals surface area contributed by atoms with E-state index in [0.717, 1.165) is 16.7 Å². The lowest BCUT2D eigenvalue weighted by Gasteiger charge is -2.12. The molecule has 0 spiro atoms. The number of rotatable bonds is 5. The minimum atomic E-state index is -0.600. The highest BCUT2D eigenvalue weighted by Crippen LogP contribution is 2.26. The van der Waals surface area contributed by atoms with E-state index in [1.165, 1.54) is 6.20 Å². The summed E-state index contributed by atoms with van der Waals surface area (Å²) in [5, 5.41) is 0.252. The molecule has 128 valence electrons. The van der Waals surface area contributed by atoms with Crippen molar-refractivity contribution in [2.45, 2.75) is 12.1 Å². The molecule has 8 nitrogen and oxygen atoms in total. The van der Waals surface area contributed by atoms with Crippen molar-refractivity contribution in [3.8, 4) is 0 Å². The third-order valence-corrected chi connectivity index (χ3v) is 4.33. The molecule has 1 aliphatic rings. The zero-order chi connectivity index (χ0) is 18.0. The Morgan fingerprint density at radius 1 is 1.24 bits per heavy atom. The van der Waals surface area contributed by atoms with Gasteiger partial charge in [-0.05, 0) is 19.1 Å². The molecule has 2 N–H and O–H groups in total. The predicted octanol–water partition coefficient (Wildman–Crippen LogP) is 1.58. The Balaban J connectivity index is 1.71. The van der Waals surface area contributed by atoms with Gasteiger partial charge in [-0.3, -0.25) is 14.5 Å². The van der Waals surface area contributed by atoms with Crippen LogP contribution in [0.25, 0.3) is 0 Å². The van der Waals surface area contributed by atoms with Crippen molar-refractivity contribution in [1.82, 2.24) is 14.9 Å². The molecule has 0 radical (unpaired) electrons. The number of benzene rings is 1. The fourth-order valence-corrected chi connectivity index (χ4v) is 3.06. The monoisotopic (exact) mass is 358 g/mol. The number of imide groups is 1. The van der Waals surface area contributed by atoms with Crippen LogP contribution in [0.4, 0.5) is 5.82 Å². The second kappa shape index (κ2) is 6.89. The van der Waals surface area contributed by atoms with Gasteiger partial charge in [0.15, 0.2) is 5.16 Å². The number of amides is 2. The van der Waals surface area contributed by atoms with Crippen LogP contribution in [0.1, 0.15) is 38.0 Å². The topological polar surface area (TPSA) is 115 Å². The summed E-state index contributed by atoms with van der Waals surface area (Å²) < 4.78 is 4.85. The number of nitrogens with zero attached hydrogens (tertiary/aromatic N) is 3. The van der Waals surface area contributed by atoms with E-state index < -0.39 is 5.97 Å². The number of thioether (sulfide) groups is 1. The van der Waals surface area contributed by atoms with Crippen molar-refractivity contribution in [2.24, 2.45) is 0 Å². The van der Waals surface area contributed by atoms with Crippen LogP contribution >= 0.6 is 11.8 Å². The van der Waals surface area contributed by atoms with Gasteiger partial charge in [-0.1, -0.05) is 23.9 Å². The number of anilines is 1. The van der Waals surface area contributed by atoms with Crippen LogP contribution in [-0.4, -0.2) is 45.1 Å². The summed E-state index contributed by atoms with van der Waals surface area (Å²) in [6.07, 6.45) is 1.27. The molecule has 25 heavy (non-hydrogen) atoms. The number of esters is 1. The second-order valence-electron chi connectivity index (χ2n) is 5.03. The molecule has 3 rings (SSSR count). The van der Waals surface area contributed by atoms with Crippen molar-refractivity contribution in [3.05, 3.63) is 47.2 Å². The number of nitrogens with two attached hydrogens (primary N) is 1. The van der Waals surface area contributed by atoms with Gasteiger partial charge in [-0.2, -0.15) is 0 Å². The number of carbonyl (C=O) groups is 3. The summed E-state index contributed by atoms with van der Waals surface area (Å²) >= 11 is 1.07. The van der Waals surface area contributed by atoms with E-state index in [1.807, 2.05) is 0 Å². The highest BCUT2D eigenvalue weighted by molar-refractivity contribution is 7.99. The lowest BCUT2D eigenvalue weighted by atomic mass is 10.1. The molecule has 0 saturated heterocycles. The van der Waals surface area contributed by atoms with Gasteiger partial charge in [-0.25, -0.2) is 14.8 Å². The number of hydrogen-bond donors (Lipinski definition) is 1. The van der Waals surface area contributed by atoms with Crippen LogP contribution in [0.3, 0.4) is 0 Å². The summed E-state index contributed by atoms with van der Waals surface area (Å²) in [4.78, 5) is 45.4. The summed E-state index contributed by atoms with van der Waals surface area (Å²) in [6, 6.07) is 6.64. The highest BCUT2D eigenvalue weighted by atomic mass is 32.2. The van der Waals surface area contributed by atoms with E-state index in [0.29, 0.717) is 11.1 Å². The molecule has 1 aromatic carbocycles. The zero-order valence-corrected chi connectivity index (χ0v) is 14.1. The second-order valence-corrected chi connectivity index (χ2v) is 5.94. The zero-order valence-electron chi connectivity index (χ0n) is 13.3. The average Bonchev–Trinajstić information content (AvgIpc) is 2.85. The third kappa shape index (κ3) is 3.18. The number of ether oxygens (including phenoxy) is 1. The Labute approximate surface area is 147 Å². The number of fused-ring (bicyclic) bond motifs is 1. The number of aromatic nitrogens is 2. The molecular weight excluding hydrogens is 344 g/mol. The summed E-state index contributed by atoms with van der Waals surface area (Å²) in [7, 11) is 0. The van der Waals surface area contributed by atoms with E-state index in [2.05, 4.69) is 9.97 Å². The fraction of sp³-hybridized carbons (Fsp3) is 0.188. The Morgan fingerprint density at radius 3 is 2.44 bits per heavy atom. The van der Waals surface area contributed by atoms with Gasteiger partial charge in [0.05, 0.1) is 23.6 Å². The number of hydrogen-bond acceptors (Lipinski definition) is 8. The molecule has 2 heterocycles. The quantitative estimate of drug-likeness (QED) is 0.371. The molecule has 0 bridgehead atoms. The van der Waals surface area contributed by atoms with Crippen LogP contribution in [0.2, 0.25) is 0 Å². The molecule has 0 fully saturated rings. The van der Waals surface area contributed by atoms with E-state index in [4.69, 9.17) is 10.5 Å². The normalized spacial score (nSPS) is 13.1. The first kappa shape index (κ1) is 16.9. The standard InChI is InChI=1S/C16H14N4O4S/c1-2-24-15(23)11-7-18-16(19-12(11)17)25-8-20-13(21)9-5-3-4-6-10(9)14(20)22/h3-7H,2,8H2,1H3,(H2,17,18,19). The third-order valence-electron chi connectivity index (χ3n) is 3.49. The van der Waals surface area contributed by atoms with Crippen LogP contribution in [0.5, 0.6) is 0 Å². The van der Waals surface area contributed by atoms with Crippen molar-refractivity contribution < 1.29 is 19.1 Å². The van der Waals surface area contributed by atoms with Gasteiger partial charge >= 0.3 is 5.97 Å². The van der Waals surface area contributed by atoms with Gasteiger partial charge < -0.3 is 10.5 Å². The Bertz CT molecular complexity index is 836. The summed E-state index contributed by atoms with van der Waals surface area (Å²) in [6.45, 7) is 1.90. The minimum absolute atomic E-state index is 0.0155. The van der Waals surface area contributed by atoms with Crippen LogP contribution in [-0.2, 0) is 4.74 Å². The Morgan fingerprint density at radius 2 is 1.88 bits per heavy atom. The molecule has 2 amide bonds. The first-order valence-corrected chi connectivity index (χ1v) is 8.39. The summed E-state index contributed by atoms with van der Waals surface area (Å²) in [5.74, 6) is -1.28. The number of carbonyl (C=O) groups excluding carboxylic acids is 3. The largest absolute Gasteiger partial charge is 0.462 e.